The summed E-state index contributed by atoms with van der Waals surface area (Å²) in [6.45, 7) is 0. The van der Waals surface area contributed by atoms with Gasteiger partial charge in [-0.3, -0.25) is 14.1 Å². The first-order valence-electron chi connectivity index (χ1n) is 6.24. The standard InChI is InChI=1S/C10H11N5O8S2/c1-23-14-4(3-2-24-10(11)12-3)7(16)13-5-6(9(18)19)15(8(5)17)25(20,21)22/h2,5-6H,1H3,(H2,11,12)(H,13,16)(H,18,19)(H,20,21,22). The number of nitrogens with two attached hydrogens (primary N) is 1. The second-order valence-corrected chi connectivity index (χ2v) is 6.72. The fourth-order valence-corrected chi connectivity index (χ4v) is 3.39. The van der Waals surface area contributed by atoms with Crippen LogP contribution in [0.25, 0.3) is 0 Å². The molecule has 0 saturated carbocycles. The highest BCUT2D eigenvalue weighted by molar-refractivity contribution is 7.84. The van der Waals surface area contributed by atoms with E-state index in [2.05, 4.69) is 15.0 Å². The van der Waals surface area contributed by atoms with Gasteiger partial charge in [0, 0.05) is 5.38 Å². The van der Waals surface area contributed by atoms with Crippen molar-refractivity contribution in [2.24, 2.45) is 5.16 Å². The maximum Gasteiger partial charge on any atom is 0.363 e. The highest BCUT2D eigenvalue weighted by Gasteiger charge is 2.58. The third-order valence-electron chi connectivity index (χ3n) is 3.00. The fraction of sp³-hybridized carbons (Fsp3) is 0.300. The van der Waals surface area contributed by atoms with Crippen molar-refractivity contribution in [1.82, 2.24) is 14.6 Å². The smallest absolute Gasteiger partial charge is 0.363 e. The van der Waals surface area contributed by atoms with Gasteiger partial charge in [-0.15, -0.1) is 11.3 Å². The first-order valence-corrected chi connectivity index (χ1v) is 8.52. The van der Waals surface area contributed by atoms with Gasteiger partial charge < -0.3 is 21.0 Å². The Kier molecular flexibility index (Phi) is 4.91. The number of nitrogens with zero attached hydrogens (tertiary/aromatic N) is 3. The highest BCUT2D eigenvalue weighted by atomic mass is 32.2. The number of thiazole rings is 1. The Morgan fingerprint density at radius 2 is 2.16 bits per heavy atom. The van der Waals surface area contributed by atoms with Gasteiger partial charge >= 0.3 is 16.3 Å². The number of oxime groups is 1. The van der Waals surface area contributed by atoms with Crippen LogP contribution < -0.4 is 11.1 Å². The van der Waals surface area contributed by atoms with Crippen LogP contribution in [0, 0.1) is 0 Å². The first kappa shape index (κ1) is 18.6. The summed E-state index contributed by atoms with van der Waals surface area (Å²) in [6, 6.07) is -3.74. The lowest BCUT2D eigenvalue weighted by Crippen LogP contribution is -2.74. The normalized spacial score (nSPS) is 20.8. The molecule has 1 aromatic rings. The quantitative estimate of drug-likeness (QED) is 0.175. The van der Waals surface area contributed by atoms with E-state index < -0.39 is 45.9 Å². The van der Waals surface area contributed by atoms with Crippen molar-refractivity contribution in [3.8, 4) is 0 Å². The van der Waals surface area contributed by atoms with E-state index in [0.717, 1.165) is 18.4 Å². The SMILES string of the molecule is CON=C(C(=O)NC1C(=O)N(S(=O)(=O)O)C1C(=O)O)c1csc(N)n1. The monoisotopic (exact) mass is 393 g/mol. The molecule has 25 heavy (non-hydrogen) atoms. The zero-order valence-corrected chi connectivity index (χ0v) is 13.9. The molecule has 2 amide bonds. The van der Waals surface area contributed by atoms with Gasteiger partial charge in [-0.2, -0.15) is 12.7 Å². The van der Waals surface area contributed by atoms with E-state index in [1.165, 1.54) is 5.38 Å². The summed E-state index contributed by atoms with van der Waals surface area (Å²) in [5, 5.41) is 16.0. The molecule has 1 saturated heterocycles. The van der Waals surface area contributed by atoms with E-state index in [0.29, 0.717) is 0 Å². The number of carbonyl (C=O) groups is 3. The Bertz CT molecular complexity index is 862. The predicted octanol–water partition coefficient (Wildman–Crippen LogP) is -2.34. The van der Waals surface area contributed by atoms with Gasteiger partial charge in [0.1, 0.15) is 18.8 Å². The summed E-state index contributed by atoms with van der Waals surface area (Å²) >= 11 is 0.993. The molecule has 0 radical (unpaired) electrons. The van der Waals surface area contributed by atoms with Crippen LogP contribution in [0.2, 0.25) is 0 Å². The zero-order chi connectivity index (χ0) is 18.9. The number of carbonyl (C=O) groups excluding carboxylic acids is 2. The van der Waals surface area contributed by atoms with E-state index in [4.69, 9.17) is 15.4 Å². The summed E-state index contributed by atoms with van der Waals surface area (Å²) in [4.78, 5) is 43.5. The number of nitrogens with one attached hydrogen (secondary N) is 1. The number of aromatic nitrogens is 1. The fourth-order valence-electron chi connectivity index (χ4n) is 2.01. The Hall–Kier alpha value is -2.78. The summed E-state index contributed by atoms with van der Waals surface area (Å²) in [5.74, 6) is -4.12. The number of β-lactam (4-membered cyclic amide) rings is 1. The van der Waals surface area contributed by atoms with Gasteiger partial charge in [0.05, 0.1) is 0 Å². The number of aliphatic carboxylic acids is 1. The summed E-state index contributed by atoms with van der Waals surface area (Å²) < 4.78 is 30.7. The van der Waals surface area contributed by atoms with Crippen LogP contribution in [0.1, 0.15) is 5.69 Å². The minimum atomic E-state index is -5.09. The number of nitrogen functional groups attached to an aromatic ring is 1. The molecular weight excluding hydrogens is 382 g/mol. The molecule has 15 heteroatoms. The number of hydrogen-bond acceptors (Lipinski definition) is 10. The Balaban J connectivity index is 2.25. The maximum absolute atomic E-state index is 12.2. The van der Waals surface area contributed by atoms with Crippen molar-refractivity contribution >= 4 is 50.3 Å². The Morgan fingerprint density at radius 3 is 2.60 bits per heavy atom. The van der Waals surface area contributed by atoms with Crippen molar-refractivity contribution in [2.45, 2.75) is 12.1 Å². The topological polar surface area (TPSA) is 202 Å². The molecule has 1 aromatic heterocycles. The van der Waals surface area contributed by atoms with Crippen molar-refractivity contribution in [3.05, 3.63) is 11.1 Å². The summed E-state index contributed by atoms with van der Waals surface area (Å²) in [6.07, 6.45) is 0. The largest absolute Gasteiger partial charge is 0.480 e. The lowest BCUT2D eigenvalue weighted by Gasteiger charge is -2.41. The second-order valence-electron chi connectivity index (χ2n) is 4.54. The lowest BCUT2D eigenvalue weighted by atomic mass is 9.98. The number of carboxylic acids is 1. The molecule has 2 rings (SSSR count). The van der Waals surface area contributed by atoms with Crippen LogP contribution in [0.15, 0.2) is 10.5 Å². The van der Waals surface area contributed by atoms with Crippen LogP contribution in [0.4, 0.5) is 5.13 Å². The molecule has 136 valence electrons. The van der Waals surface area contributed by atoms with Crippen molar-refractivity contribution < 1.29 is 37.3 Å². The molecule has 5 N–H and O–H groups in total. The second kappa shape index (κ2) is 6.61. The van der Waals surface area contributed by atoms with Gasteiger partial charge in [0.25, 0.3) is 11.8 Å². The Morgan fingerprint density at radius 1 is 1.52 bits per heavy atom. The van der Waals surface area contributed by atoms with E-state index in [1.54, 1.807) is 0 Å². The number of amides is 2. The van der Waals surface area contributed by atoms with Gasteiger partial charge in [0.15, 0.2) is 16.9 Å². The van der Waals surface area contributed by atoms with Crippen molar-refractivity contribution in [3.63, 3.8) is 0 Å². The molecule has 0 bridgehead atoms. The Labute approximate surface area is 143 Å². The molecule has 2 unspecified atom stereocenters. The molecule has 0 aliphatic carbocycles. The maximum atomic E-state index is 12.2. The van der Waals surface area contributed by atoms with E-state index >= 15 is 0 Å². The van der Waals surface area contributed by atoms with E-state index in [1.807, 2.05) is 5.32 Å². The molecular formula is C10H11N5O8S2. The minimum Gasteiger partial charge on any atom is -0.480 e. The van der Waals surface area contributed by atoms with Crippen LogP contribution in [0.3, 0.4) is 0 Å². The van der Waals surface area contributed by atoms with E-state index in [9.17, 15) is 22.8 Å². The van der Waals surface area contributed by atoms with Gasteiger partial charge in [-0.05, 0) is 0 Å². The summed E-state index contributed by atoms with van der Waals surface area (Å²) in [7, 11) is -3.95. The van der Waals surface area contributed by atoms with Gasteiger partial charge in [-0.1, -0.05) is 5.16 Å². The predicted molar refractivity (Wildman–Crippen MR) is 81.8 cm³/mol. The van der Waals surface area contributed by atoms with Crippen LogP contribution in [0.5, 0.6) is 0 Å². The molecule has 0 aromatic carbocycles. The number of rotatable bonds is 6. The zero-order valence-electron chi connectivity index (χ0n) is 12.3. The van der Waals surface area contributed by atoms with Gasteiger partial charge in [0.2, 0.25) is 0 Å². The van der Waals surface area contributed by atoms with E-state index in [-0.39, 0.29) is 15.1 Å². The first-order chi connectivity index (χ1) is 11.6. The number of carboxylic acid groups (broad SMARTS) is 1. The van der Waals surface area contributed by atoms with Crippen LogP contribution >= 0.6 is 11.3 Å². The molecule has 1 aliphatic rings. The molecule has 2 atom stereocenters. The van der Waals surface area contributed by atoms with Crippen molar-refractivity contribution in [2.75, 3.05) is 12.8 Å². The molecule has 2 heterocycles. The van der Waals surface area contributed by atoms with Crippen LogP contribution in [-0.4, -0.2) is 70.1 Å². The van der Waals surface area contributed by atoms with Crippen molar-refractivity contribution in [1.29, 1.82) is 0 Å². The number of anilines is 1. The third kappa shape index (κ3) is 3.52. The molecule has 13 nitrogen and oxygen atoms in total. The van der Waals surface area contributed by atoms with Crippen LogP contribution in [-0.2, 0) is 29.5 Å². The number of hydrogen-bond donors (Lipinski definition) is 4. The molecule has 1 aliphatic heterocycles. The molecule has 0 spiro atoms. The minimum absolute atomic E-state index is 0.00660. The highest BCUT2D eigenvalue weighted by Crippen LogP contribution is 2.24. The third-order valence-corrected chi connectivity index (χ3v) is 4.58. The lowest BCUT2D eigenvalue weighted by molar-refractivity contribution is -0.160. The average molecular weight is 393 g/mol. The van der Waals surface area contributed by atoms with Gasteiger partial charge in [-0.25, -0.2) is 9.78 Å². The summed E-state index contributed by atoms with van der Waals surface area (Å²) in [5.41, 5.74) is 5.05. The molecule has 1 fully saturated rings. The average Bonchev–Trinajstić information content (AvgIpc) is 2.91.